The molecule has 0 aromatic heterocycles. The molecule has 76 valence electrons. The van der Waals surface area contributed by atoms with E-state index in [-0.39, 0.29) is 0 Å². The van der Waals surface area contributed by atoms with E-state index in [0.29, 0.717) is 0 Å². The van der Waals surface area contributed by atoms with Gasteiger partial charge in [-0.1, -0.05) is 36.4 Å². The van der Waals surface area contributed by atoms with Crippen molar-refractivity contribution in [3.8, 4) is 0 Å². The van der Waals surface area contributed by atoms with Crippen LogP contribution >= 0.6 is 11.8 Å². The lowest BCUT2D eigenvalue weighted by atomic mass is 10.1. The molecule has 2 aromatic rings. The highest BCUT2D eigenvalue weighted by molar-refractivity contribution is 8.13. The van der Waals surface area contributed by atoms with Gasteiger partial charge in [-0.2, -0.15) is 0 Å². The fourth-order valence-electron chi connectivity index (χ4n) is 1.66. The molecule has 1 nitrogen and oxygen atoms in total. The average Bonchev–Trinajstić information content (AvgIpc) is 2.30. The summed E-state index contributed by atoms with van der Waals surface area (Å²) >= 11 is 1.68. The van der Waals surface area contributed by atoms with Gasteiger partial charge in [0.15, 0.2) is 0 Å². The summed E-state index contributed by atoms with van der Waals surface area (Å²) in [6.45, 7) is 0. The van der Waals surface area contributed by atoms with Crippen molar-refractivity contribution in [1.82, 2.24) is 0 Å². The number of hydrogen-bond donors (Lipinski definition) is 0. The lowest BCUT2D eigenvalue weighted by Crippen LogP contribution is -1.93. The van der Waals surface area contributed by atoms with Crippen molar-refractivity contribution in [2.75, 3.05) is 13.3 Å². The predicted octanol–water partition coefficient (Wildman–Crippen LogP) is 3.58. The molecule has 0 atom stereocenters. The van der Waals surface area contributed by atoms with E-state index in [0.717, 1.165) is 5.04 Å². The van der Waals surface area contributed by atoms with Crippen LogP contribution in [0.25, 0.3) is 10.8 Å². The SMILES string of the molecule is CN=C(SC)c1ccc2ccccc2c1. The van der Waals surface area contributed by atoms with E-state index in [1.54, 1.807) is 11.8 Å². The van der Waals surface area contributed by atoms with Crippen molar-refractivity contribution in [3.05, 3.63) is 48.0 Å². The van der Waals surface area contributed by atoms with E-state index in [2.05, 4.69) is 53.7 Å². The summed E-state index contributed by atoms with van der Waals surface area (Å²) in [6.07, 6.45) is 2.05. The highest BCUT2D eigenvalue weighted by atomic mass is 32.2. The van der Waals surface area contributed by atoms with Crippen molar-refractivity contribution < 1.29 is 0 Å². The molecular weight excluding hydrogens is 202 g/mol. The summed E-state index contributed by atoms with van der Waals surface area (Å²) < 4.78 is 0. The third-order valence-corrected chi connectivity index (χ3v) is 3.20. The monoisotopic (exact) mass is 215 g/mol. The van der Waals surface area contributed by atoms with Crippen molar-refractivity contribution >= 4 is 27.6 Å². The first kappa shape index (κ1) is 10.2. The Kier molecular flexibility index (Phi) is 3.07. The Labute approximate surface area is 94.2 Å². The van der Waals surface area contributed by atoms with Gasteiger partial charge in [-0.3, -0.25) is 4.99 Å². The van der Waals surface area contributed by atoms with Gasteiger partial charge in [-0.25, -0.2) is 0 Å². The molecule has 2 rings (SSSR count). The molecule has 2 aromatic carbocycles. The number of nitrogens with zero attached hydrogens (tertiary/aromatic N) is 1. The quantitative estimate of drug-likeness (QED) is 0.523. The minimum absolute atomic E-state index is 1.08. The molecule has 0 saturated heterocycles. The third kappa shape index (κ3) is 2.05. The van der Waals surface area contributed by atoms with Crippen LogP contribution in [0, 0.1) is 0 Å². The molecule has 0 aliphatic rings. The second-order valence-electron chi connectivity index (χ2n) is 3.29. The molecule has 0 amide bonds. The normalized spacial score (nSPS) is 12.0. The average molecular weight is 215 g/mol. The molecule has 0 fully saturated rings. The second kappa shape index (κ2) is 4.49. The van der Waals surface area contributed by atoms with Gasteiger partial charge in [0.1, 0.15) is 0 Å². The molecule has 0 spiro atoms. The largest absolute Gasteiger partial charge is 0.281 e. The zero-order valence-electron chi connectivity index (χ0n) is 8.90. The summed E-state index contributed by atoms with van der Waals surface area (Å²) in [6, 6.07) is 14.8. The Morgan fingerprint density at radius 3 is 2.47 bits per heavy atom. The molecule has 0 bridgehead atoms. The van der Waals surface area contributed by atoms with E-state index in [1.807, 2.05) is 7.05 Å². The van der Waals surface area contributed by atoms with Crippen molar-refractivity contribution in [2.24, 2.45) is 4.99 Å². The van der Waals surface area contributed by atoms with Crippen LogP contribution in [-0.2, 0) is 0 Å². The molecule has 0 aliphatic heterocycles. The third-order valence-electron chi connectivity index (χ3n) is 2.39. The maximum Gasteiger partial charge on any atom is 0.0970 e. The highest BCUT2D eigenvalue weighted by Crippen LogP contribution is 2.18. The van der Waals surface area contributed by atoms with Crippen LogP contribution in [0.4, 0.5) is 0 Å². The van der Waals surface area contributed by atoms with Gasteiger partial charge < -0.3 is 0 Å². The lowest BCUT2D eigenvalue weighted by Gasteiger charge is -2.04. The number of aliphatic imine (C=N–C) groups is 1. The summed E-state index contributed by atoms with van der Waals surface area (Å²) in [5, 5.41) is 3.63. The molecule has 2 heteroatoms. The van der Waals surface area contributed by atoms with Gasteiger partial charge in [0.25, 0.3) is 0 Å². The van der Waals surface area contributed by atoms with Crippen LogP contribution in [0.15, 0.2) is 47.5 Å². The Morgan fingerprint density at radius 1 is 1.07 bits per heavy atom. The first-order chi connectivity index (χ1) is 7.35. The van der Waals surface area contributed by atoms with Gasteiger partial charge in [0.2, 0.25) is 0 Å². The Hall–Kier alpha value is -1.28. The maximum absolute atomic E-state index is 4.26. The van der Waals surface area contributed by atoms with Gasteiger partial charge >= 0.3 is 0 Å². The number of fused-ring (bicyclic) bond motifs is 1. The maximum atomic E-state index is 4.26. The summed E-state index contributed by atoms with van der Waals surface area (Å²) in [5.41, 5.74) is 1.20. The van der Waals surface area contributed by atoms with Gasteiger partial charge in [-0.05, 0) is 23.1 Å². The zero-order valence-corrected chi connectivity index (χ0v) is 9.71. The van der Waals surface area contributed by atoms with Crippen LogP contribution in [-0.4, -0.2) is 18.3 Å². The number of thioether (sulfide) groups is 1. The van der Waals surface area contributed by atoms with E-state index in [1.165, 1.54) is 16.3 Å². The van der Waals surface area contributed by atoms with Crippen molar-refractivity contribution in [3.63, 3.8) is 0 Å². The second-order valence-corrected chi connectivity index (χ2v) is 4.09. The van der Waals surface area contributed by atoms with Crippen LogP contribution in [0.3, 0.4) is 0 Å². The summed E-state index contributed by atoms with van der Waals surface area (Å²) in [4.78, 5) is 4.26. The van der Waals surface area contributed by atoms with Gasteiger partial charge in [0, 0.05) is 12.6 Å². The lowest BCUT2D eigenvalue weighted by molar-refractivity contribution is 1.46. The molecule has 0 saturated carbocycles. The number of rotatable bonds is 1. The Balaban J connectivity index is 2.56. The first-order valence-electron chi connectivity index (χ1n) is 4.85. The molecule has 0 aliphatic carbocycles. The molecule has 0 unspecified atom stereocenters. The van der Waals surface area contributed by atoms with E-state index < -0.39 is 0 Å². The minimum Gasteiger partial charge on any atom is -0.281 e. The number of benzene rings is 2. The molecular formula is C13H13NS. The molecule has 0 radical (unpaired) electrons. The standard InChI is InChI=1S/C13H13NS/c1-14-13(15-2)12-8-7-10-5-3-4-6-11(10)9-12/h3-9H,1-2H3. The smallest absolute Gasteiger partial charge is 0.0970 e. The van der Waals surface area contributed by atoms with Crippen molar-refractivity contribution in [2.45, 2.75) is 0 Å². The van der Waals surface area contributed by atoms with Gasteiger partial charge in [-0.15, -0.1) is 11.8 Å². The highest BCUT2D eigenvalue weighted by Gasteiger charge is 2.01. The fraction of sp³-hybridized carbons (Fsp3) is 0.154. The van der Waals surface area contributed by atoms with Crippen LogP contribution in [0.2, 0.25) is 0 Å². The summed E-state index contributed by atoms with van der Waals surface area (Å²) in [7, 11) is 1.83. The predicted molar refractivity (Wildman–Crippen MR) is 69.9 cm³/mol. The zero-order chi connectivity index (χ0) is 10.7. The summed E-state index contributed by atoms with van der Waals surface area (Å²) in [5.74, 6) is 0. The number of hydrogen-bond acceptors (Lipinski definition) is 2. The Bertz CT molecular complexity index is 503. The minimum atomic E-state index is 1.08. The van der Waals surface area contributed by atoms with Crippen LogP contribution < -0.4 is 0 Å². The van der Waals surface area contributed by atoms with E-state index in [4.69, 9.17) is 0 Å². The molecule has 15 heavy (non-hydrogen) atoms. The molecule has 0 heterocycles. The van der Waals surface area contributed by atoms with Crippen LogP contribution in [0.1, 0.15) is 5.56 Å². The van der Waals surface area contributed by atoms with E-state index >= 15 is 0 Å². The van der Waals surface area contributed by atoms with Crippen molar-refractivity contribution in [1.29, 1.82) is 0 Å². The topological polar surface area (TPSA) is 12.4 Å². The van der Waals surface area contributed by atoms with Crippen LogP contribution in [0.5, 0.6) is 0 Å². The first-order valence-corrected chi connectivity index (χ1v) is 6.07. The van der Waals surface area contributed by atoms with Gasteiger partial charge in [0.05, 0.1) is 5.04 Å². The van der Waals surface area contributed by atoms with E-state index in [9.17, 15) is 0 Å². The Morgan fingerprint density at radius 2 is 1.80 bits per heavy atom. The molecule has 0 N–H and O–H groups in total. The fourth-order valence-corrected chi connectivity index (χ4v) is 2.21.